The quantitative estimate of drug-likeness (QED) is 0.0748. The molecule has 0 saturated carbocycles. The second kappa shape index (κ2) is 22.7. The minimum atomic E-state index is -2.00. The highest BCUT2D eigenvalue weighted by Crippen LogP contribution is 2.22. The number of aliphatic hydroxyl groups excluding tert-OH is 1. The molecule has 15 heteroatoms. The van der Waals surface area contributed by atoms with Gasteiger partial charge in [0.15, 0.2) is 12.2 Å². The van der Waals surface area contributed by atoms with Crippen LogP contribution in [0.3, 0.4) is 0 Å². The van der Waals surface area contributed by atoms with Gasteiger partial charge < -0.3 is 51.1 Å². The van der Waals surface area contributed by atoms with Crippen LogP contribution in [-0.2, 0) is 56.1 Å². The van der Waals surface area contributed by atoms with Gasteiger partial charge in [0.2, 0.25) is 18.1 Å². The van der Waals surface area contributed by atoms with E-state index < -0.39 is 78.4 Å². The average Bonchev–Trinajstić information content (AvgIpc) is 3.14. The Morgan fingerprint density at radius 3 is 1.43 bits per heavy atom. The number of carbonyl (C=O) groups is 5. The molecule has 0 aliphatic carbocycles. The number of esters is 1. The van der Waals surface area contributed by atoms with Gasteiger partial charge in [-0.3, -0.25) is 24.0 Å². The molecule has 0 saturated heterocycles. The first-order valence-electron chi connectivity index (χ1n) is 18.2. The molecule has 54 heavy (non-hydrogen) atoms. The number of likely N-dealkylation sites (N-methyl/N-ethyl adjacent to an activating group) is 2. The third-order valence-electron chi connectivity index (χ3n) is 8.61. The second-order valence-electron chi connectivity index (χ2n) is 14.0. The number of rotatable bonds is 22. The first-order valence-corrected chi connectivity index (χ1v) is 18.2. The second-order valence-corrected chi connectivity index (χ2v) is 14.0. The summed E-state index contributed by atoms with van der Waals surface area (Å²) in [5, 5.41) is 22.6. The summed E-state index contributed by atoms with van der Waals surface area (Å²) < 4.78 is 23.9. The van der Waals surface area contributed by atoms with Gasteiger partial charge in [-0.2, -0.15) is 0 Å². The Hall–Kier alpha value is -4.41. The van der Waals surface area contributed by atoms with E-state index in [-0.39, 0.29) is 31.0 Å². The van der Waals surface area contributed by atoms with Crippen molar-refractivity contribution >= 4 is 29.6 Å². The Bertz CT molecular complexity index is 1480. The summed E-state index contributed by atoms with van der Waals surface area (Å²) in [5.74, 6) is -4.58. The van der Waals surface area contributed by atoms with Crippen molar-refractivity contribution in [3.8, 4) is 0 Å². The summed E-state index contributed by atoms with van der Waals surface area (Å²) in [6.07, 6.45) is -8.74. The van der Waals surface area contributed by atoms with Gasteiger partial charge in [0.25, 0.3) is 11.8 Å². The zero-order valence-electron chi connectivity index (χ0n) is 32.7. The fourth-order valence-electron chi connectivity index (χ4n) is 5.29. The smallest absolute Gasteiger partial charge is 0.325 e. The van der Waals surface area contributed by atoms with Crippen LogP contribution in [0.25, 0.3) is 0 Å². The summed E-state index contributed by atoms with van der Waals surface area (Å²) >= 11 is 0. The van der Waals surface area contributed by atoms with E-state index in [0.717, 1.165) is 0 Å². The third kappa shape index (κ3) is 14.1. The van der Waals surface area contributed by atoms with E-state index in [4.69, 9.17) is 24.7 Å². The monoisotopic (exact) mass is 757 g/mol. The molecule has 4 amide bonds. The molecule has 0 aliphatic heterocycles. The Balaban J connectivity index is 2.72. The van der Waals surface area contributed by atoms with E-state index in [1.807, 2.05) is 0 Å². The molecule has 2 aromatic carbocycles. The van der Waals surface area contributed by atoms with Crippen LogP contribution in [-0.4, -0.2) is 97.6 Å². The van der Waals surface area contributed by atoms with Crippen LogP contribution in [0.15, 0.2) is 60.7 Å². The number of nitrogens with two attached hydrogens (primary N) is 1. The summed E-state index contributed by atoms with van der Waals surface area (Å²) in [5.41, 5.74) is 7.32. The van der Waals surface area contributed by atoms with Gasteiger partial charge in [-0.1, -0.05) is 102 Å². The van der Waals surface area contributed by atoms with Gasteiger partial charge >= 0.3 is 5.97 Å². The minimum absolute atomic E-state index is 0.169. The van der Waals surface area contributed by atoms with Crippen molar-refractivity contribution in [2.75, 3.05) is 14.1 Å². The van der Waals surface area contributed by atoms with Crippen molar-refractivity contribution in [2.45, 2.75) is 111 Å². The SMILES string of the molecule is CNC(=O)[C@@H](NC(=O)[C@H](OCc1ccccc1)[C@H](O)[C@@H](OC(C)OC(=O)[C@@H](N)C(C)C)[C@@H](OCc1ccccc1)C(=O)N[C@H](C(=O)NC)C(C)C)C(C)C. The fourth-order valence-corrected chi connectivity index (χ4v) is 5.29. The summed E-state index contributed by atoms with van der Waals surface area (Å²) in [4.78, 5) is 66.9. The standard InChI is InChI=1S/C39H59N5O10/c1-22(2)28(40)39(50)54-25(7)53-32(34(52-21-27-18-14-11-15-19-27)38(49)44-30(24(5)6)36(47)42-9)31(45)33(51-20-26-16-12-10-13-17-26)37(48)43-29(23(3)4)35(46)41-8/h10-19,22-25,28-34,45H,20-21,40H2,1-9H3,(H,41,46)(H,42,47)(H,43,48)(H,44,49)/t25?,28-,29-,30-,31+,32+,33+,34+/m0/s1. The maximum absolute atomic E-state index is 14.3. The molecule has 1 unspecified atom stereocenters. The molecule has 0 bridgehead atoms. The van der Waals surface area contributed by atoms with Gasteiger partial charge in [0.05, 0.1) is 13.2 Å². The normalized spacial score (nSPS) is 16.0. The van der Waals surface area contributed by atoms with Gasteiger partial charge in [0, 0.05) is 14.1 Å². The first-order chi connectivity index (χ1) is 25.5. The molecule has 0 aromatic heterocycles. The molecule has 0 radical (unpaired) electrons. The third-order valence-corrected chi connectivity index (χ3v) is 8.61. The zero-order chi connectivity index (χ0) is 40.5. The molecule has 15 nitrogen and oxygen atoms in total. The number of nitrogens with one attached hydrogen (secondary N) is 4. The van der Waals surface area contributed by atoms with Crippen molar-refractivity contribution < 1.29 is 48.0 Å². The number of ether oxygens (including phenoxy) is 4. The van der Waals surface area contributed by atoms with Crippen LogP contribution in [0.5, 0.6) is 0 Å². The number of amides is 4. The van der Waals surface area contributed by atoms with E-state index >= 15 is 0 Å². The molecule has 0 fully saturated rings. The largest absolute Gasteiger partial charge is 0.435 e. The number of hydrogen-bond donors (Lipinski definition) is 6. The van der Waals surface area contributed by atoms with Crippen LogP contribution < -0.4 is 27.0 Å². The Morgan fingerprint density at radius 2 is 1.04 bits per heavy atom. The highest BCUT2D eigenvalue weighted by atomic mass is 16.7. The molecule has 300 valence electrons. The summed E-state index contributed by atoms with van der Waals surface area (Å²) in [7, 11) is 2.85. The van der Waals surface area contributed by atoms with Crippen LogP contribution in [0.1, 0.15) is 59.6 Å². The predicted molar refractivity (Wildman–Crippen MR) is 201 cm³/mol. The zero-order valence-corrected chi connectivity index (χ0v) is 32.7. The predicted octanol–water partition coefficient (Wildman–Crippen LogP) is 1.55. The van der Waals surface area contributed by atoms with Gasteiger partial charge in [-0.25, -0.2) is 0 Å². The number of aliphatic hydroxyl groups is 1. The van der Waals surface area contributed by atoms with E-state index in [0.29, 0.717) is 11.1 Å². The number of carbonyl (C=O) groups excluding carboxylic acids is 5. The van der Waals surface area contributed by atoms with Crippen molar-refractivity contribution in [1.29, 1.82) is 0 Å². The lowest BCUT2D eigenvalue weighted by atomic mass is 9.97. The van der Waals surface area contributed by atoms with E-state index in [1.54, 1.807) is 102 Å². The lowest BCUT2D eigenvalue weighted by Crippen LogP contribution is -2.61. The van der Waals surface area contributed by atoms with Gasteiger partial charge in [0.1, 0.15) is 30.3 Å². The van der Waals surface area contributed by atoms with Crippen molar-refractivity contribution in [1.82, 2.24) is 21.3 Å². The average molecular weight is 758 g/mol. The van der Waals surface area contributed by atoms with Crippen molar-refractivity contribution in [3.63, 3.8) is 0 Å². The lowest BCUT2D eigenvalue weighted by molar-refractivity contribution is -0.229. The fraction of sp³-hybridized carbons (Fsp3) is 0.564. The molecule has 2 aromatic rings. The van der Waals surface area contributed by atoms with Crippen LogP contribution in [0.4, 0.5) is 0 Å². The Kier molecular flexibility index (Phi) is 19.3. The lowest BCUT2D eigenvalue weighted by Gasteiger charge is -2.36. The van der Waals surface area contributed by atoms with E-state index in [1.165, 1.54) is 21.0 Å². The summed E-state index contributed by atoms with van der Waals surface area (Å²) in [6.45, 7) is 11.4. The Labute approximate surface area is 318 Å². The molecular formula is C39H59N5O10. The number of hydrogen-bond acceptors (Lipinski definition) is 11. The number of benzene rings is 2. The molecule has 8 atom stereocenters. The van der Waals surface area contributed by atoms with Crippen LogP contribution in [0.2, 0.25) is 0 Å². The molecular weight excluding hydrogens is 698 g/mol. The first kappa shape index (κ1) is 45.7. The van der Waals surface area contributed by atoms with E-state index in [2.05, 4.69) is 21.3 Å². The van der Waals surface area contributed by atoms with Crippen LogP contribution >= 0.6 is 0 Å². The molecule has 2 rings (SSSR count). The van der Waals surface area contributed by atoms with Crippen LogP contribution in [0, 0.1) is 17.8 Å². The highest BCUT2D eigenvalue weighted by Gasteiger charge is 2.45. The van der Waals surface area contributed by atoms with Gasteiger partial charge in [-0.15, -0.1) is 0 Å². The minimum Gasteiger partial charge on any atom is -0.435 e. The topological polar surface area (TPSA) is 217 Å². The maximum Gasteiger partial charge on any atom is 0.325 e. The summed E-state index contributed by atoms with van der Waals surface area (Å²) in [6, 6.07) is 14.6. The molecule has 7 N–H and O–H groups in total. The van der Waals surface area contributed by atoms with Crippen molar-refractivity contribution in [2.24, 2.45) is 23.5 Å². The molecule has 0 spiro atoms. The molecule has 0 heterocycles. The van der Waals surface area contributed by atoms with Gasteiger partial charge in [-0.05, 0) is 35.8 Å². The highest BCUT2D eigenvalue weighted by molar-refractivity contribution is 5.91. The maximum atomic E-state index is 14.3. The molecule has 0 aliphatic rings. The van der Waals surface area contributed by atoms with Crippen molar-refractivity contribution in [3.05, 3.63) is 71.8 Å². The Morgan fingerprint density at radius 1 is 0.630 bits per heavy atom. The van der Waals surface area contributed by atoms with E-state index in [9.17, 15) is 29.1 Å².